The van der Waals surface area contributed by atoms with Crippen LogP contribution in [0.25, 0.3) is 22.0 Å². The van der Waals surface area contributed by atoms with Crippen molar-refractivity contribution in [2.24, 2.45) is 0 Å². The van der Waals surface area contributed by atoms with E-state index < -0.39 is 5.97 Å². The third-order valence-electron chi connectivity index (χ3n) is 3.45. The van der Waals surface area contributed by atoms with Gasteiger partial charge in [0.15, 0.2) is 0 Å². The molecule has 0 aliphatic heterocycles. The van der Waals surface area contributed by atoms with Crippen LogP contribution in [-0.2, 0) is 11.3 Å². The van der Waals surface area contributed by atoms with Gasteiger partial charge in [0.2, 0.25) is 0 Å². The van der Waals surface area contributed by atoms with Crippen LogP contribution in [-0.4, -0.2) is 20.9 Å². The number of carboxylic acids is 1. The van der Waals surface area contributed by atoms with E-state index in [2.05, 4.69) is 5.10 Å². The molecular weight excluding hydrogens is 280 g/mol. The summed E-state index contributed by atoms with van der Waals surface area (Å²) in [6, 6.07) is 16.8. The molecule has 1 N–H and O–H groups in total. The number of hydrogen-bond donors (Lipinski definition) is 1. The van der Waals surface area contributed by atoms with Crippen LogP contribution in [0.3, 0.4) is 0 Å². The molecule has 0 atom stereocenters. The highest BCUT2D eigenvalue weighted by atomic mass is 16.4. The SMILES string of the molecule is O=C(O)CCn1nc(-c2ccccc2)c2ccccc2c1=O. The summed E-state index contributed by atoms with van der Waals surface area (Å²) >= 11 is 0. The van der Waals surface area contributed by atoms with Gasteiger partial charge in [-0.2, -0.15) is 5.10 Å². The first-order valence-electron chi connectivity index (χ1n) is 6.94. The maximum atomic E-state index is 12.4. The second-order valence-electron chi connectivity index (χ2n) is 4.93. The lowest BCUT2D eigenvalue weighted by molar-refractivity contribution is -0.137. The molecule has 1 heterocycles. The quantitative estimate of drug-likeness (QED) is 0.802. The summed E-state index contributed by atoms with van der Waals surface area (Å²) in [6.45, 7) is 0.0544. The first-order valence-corrected chi connectivity index (χ1v) is 6.94. The molecule has 0 spiro atoms. The van der Waals surface area contributed by atoms with Crippen LogP contribution in [0.1, 0.15) is 6.42 Å². The second kappa shape index (κ2) is 5.81. The second-order valence-corrected chi connectivity index (χ2v) is 4.93. The molecule has 3 aromatic rings. The van der Waals surface area contributed by atoms with Crippen LogP contribution in [0.4, 0.5) is 0 Å². The fourth-order valence-electron chi connectivity index (χ4n) is 2.40. The van der Waals surface area contributed by atoms with E-state index in [1.807, 2.05) is 42.5 Å². The summed E-state index contributed by atoms with van der Waals surface area (Å²) in [6.07, 6.45) is -0.139. The lowest BCUT2D eigenvalue weighted by atomic mass is 10.1. The summed E-state index contributed by atoms with van der Waals surface area (Å²) in [5.74, 6) is -0.955. The maximum Gasteiger partial charge on any atom is 0.305 e. The summed E-state index contributed by atoms with van der Waals surface area (Å²) < 4.78 is 1.23. The van der Waals surface area contributed by atoms with Crippen molar-refractivity contribution in [1.82, 2.24) is 9.78 Å². The van der Waals surface area contributed by atoms with E-state index >= 15 is 0 Å². The third-order valence-corrected chi connectivity index (χ3v) is 3.45. The number of aryl methyl sites for hydroxylation is 1. The Morgan fingerprint density at radius 2 is 1.64 bits per heavy atom. The number of fused-ring (bicyclic) bond motifs is 1. The van der Waals surface area contributed by atoms with Gasteiger partial charge in [-0.25, -0.2) is 4.68 Å². The van der Waals surface area contributed by atoms with Gasteiger partial charge in [-0.05, 0) is 6.07 Å². The molecule has 5 heteroatoms. The number of hydrogen-bond acceptors (Lipinski definition) is 3. The zero-order valence-electron chi connectivity index (χ0n) is 11.8. The van der Waals surface area contributed by atoms with Crippen LogP contribution in [0.2, 0.25) is 0 Å². The fourth-order valence-corrected chi connectivity index (χ4v) is 2.40. The van der Waals surface area contributed by atoms with Crippen LogP contribution in [0.5, 0.6) is 0 Å². The molecule has 0 bridgehead atoms. The molecule has 0 aliphatic rings. The summed E-state index contributed by atoms with van der Waals surface area (Å²) in [5.41, 5.74) is 1.31. The first-order chi connectivity index (χ1) is 10.7. The van der Waals surface area contributed by atoms with Crippen molar-refractivity contribution in [2.45, 2.75) is 13.0 Å². The number of carboxylic acid groups (broad SMARTS) is 1. The number of aliphatic carboxylic acids is 1. The van der Waals surface area contributed by atoms with Gasteiger partial charge < -0.3 is 5.11 Å². The minimum absolute atomic E-state index is 0.0544. The van der Waals surface area contributed by atoms with E-state index in [9.17, 15) is 9.59 Å². The lowest BCUT2D eigenvalue weighted by Crippen LogP contribution is -2.25. The molecule has 0 amide bonds. The summed E-state index contributed by atoms with van der Waals surface area (Å²) in [4.78, 5) is 23.2. The van der Waals surface area contributed by atoms with Crippen LogP contribution in [0, 0.1) is 0 Å². The first kappa shape index (κ1) is 14.0. The molecule has 110 valence electrons. The molecule has 0 fully saturated rings. The van der Waals surface area contributed by atoms with E-state index in [1.54, 1.807) is 12.1 Å². The van der Waals surface area contributed by atoms with Crippen molar-refractivity contribution in [2.75, 3.05) is 0 Å². The standard InChI is InChI=1S/C17H14N2O3/c20-15(21)10-11-19-17(22)14-9-5-4-8-13(14)16(18-19)12-6-2-1-3-7-12/h1-9H,10-11H2,(H,20,21). The molecule has 3 rings (SSSR count). The molecule has 0 radical (unpaired) electrons. The van der Waals surface area contributed by atoms with Crippen molar-refractivity contribution in [3.8, 4) is 11.3 Å². The van der Waals surface area contributed by atoms with Gasteiger partial charge in [0, 0.05) is 10.9 Å². The number of rotatable bonds is 4. The number of benzene rings is 2. The van der Waals surface area contributed by atoms with Crippen molar-refractivity contribution in [3.05, 3.63) is 65.0 Å². The maximum absolute atomic E-state index is 12.4. The van der Waals surface area contributed by atoms with Crippen LogP contribution in [0.15, 0.2) is 59.4 Å². The van der Waals surface area contributed by atoms with Gasteiger partial charge in [0.05, 0.1) is 24.0 Å². The Labute approximate surface area is 126 Å². The minimum atomic E-state index is -0.955. The minimum Gasteiger partial charge on any atom is -0.481 e. The average molecular weight is 294 g/mol. The average Bonchev–Trinajstić information content (AvgIpc) is 2.55. The Bertz CT molecular complexity index is 885. The smallest absolute Gasteiger partial charge is 0.305 e. The monoisotopic (exact) mass is 294 g/mol. The molecule has 2 aromatic carbocycles. The summed E-state index contributed by atoms with van der Waals surface area (Å²) in [7, 11) is 0. The predicted molar refractivity (Wildman–Crippen MR) is 83.7 cm³/mol. The van der Waals surface area contributed by atoms with E-state index in [-0.39, 0.29) is 18.5 Å². The fraction of sp³-hybridized carbons (Fsp3) is 0.118. The largest absolute Gasteiger partial charge is 0.481 e. The molecule has 0 aliphatic carbocycles. The Morgan fingerprint density at radius 1 is 1.00 bits per heavy atom. The Hall–Kier alpha value is -2.95. The van der Waals surface area contributed by atoms with Crippen molar-refractivity contribution in [3.63, 3.8) is 0 Å². The highest BCUT2D eigenvalue weighted by Gasteiger charge is 2.12. The zero-order chi connectivity index (χ0) is 15.5. The van der Waals surface area contributed by atoms with E-state index in [4.69, 9.17) is 5.11 Å². The molecule has 5 nitrogen and oxygen atoms in total. The van der Waals surface area contributed by atoms with Gasteiger partial charge in [-0.1, -0.05) is 48.5 Å². The third kappa shape index (κ3) is 2.61. The van der Waals surface area contributed by atoms with Crippen LogP contribution < -0.4 is 5.56 Å². The summed E-state index contributed by atoms with van der Waals surface area (Å²) in [5, 5.41) is 14.5. The molecular formula is C17H14N2O3. The molecule has 1 aromatic heterocycles. The van der Waals surface area contributed by atoms with Gasteiger partial charge in [0.1, 0.15) is 0 Å². The molecule has 0 saturated heterocycles. The van der Waals surface area contributed by atoms with E-state index in [0.29, 0.717) is 11.1 Å². The molecule has 0 saturated carbocycles. The topological polar surface area (TPSA) is 72.2 Å². The zero-order valence-corrected chi connectivity index (χ0v) is 11.8. The van der Waals surface area contributed by atoms with Gasteiger partial charge in [0.25, 0.3) is 5.56 Å². The Morgan fingerprint density at radius 3 is 2.32 bits per heavy atom. The van der Waals surface area contributed by atoms with Gasteiger partial charge >= 0.3 is 5.97 Å². The van der Waals surface area contributed by atoms with Crippen molar-refractivity contribution in [1.29, 1.82) is 0 Å². The van der Waals surface area contributed by atoms with Crippen LogP contribution >= 0.6 is 0 Å². The predicted octanol–water partition coefficient (Wildman–Crippen LogP) is 2.54. The Kier molecular flexibility index (Phi) is 3.70. The highest BCUT2D eigenvalue weighted by Crippen LogP contribution is 2.24. The van der Waals surface area contributed by atoms with Crippen molar-refractivity contribution < 1.29 is 9.90 Å². The Balaban J connectivity index is 2.24. The van der Waals surface area contributed by atoms with E-state index in [1.165, 1.54) is 4.68 Å². The molecule has 22 heavy (non-hydrogen) atoms. The van der Waals surface area contributed by atoms with Crippen molar-refractivity contribution >= 4 is 16.7 Å². The highest BCUT2D eigenvalue weighted by molar-refractivity contribution is 5.93. The number of carbonyl (C=O) groups is 1. The van der Waals surface area contributed by atoms with Gasteiger partial charge in [-0.3, -0.25) is 9.59 Å². The van der Waals surface area contributed by atoms with E-state index in [0.717, 1.165) is 10.9 Å². The molecule has 0 unspecified atom stereocenters. The van der Waals surface area contributed by atoms with Gasteiger partial charge in [-0.15, -0.1) is 0 Å². The normalized spacial score (nSPS) is 10.7. The number of nitrogens with zero attached hydrogens (tertiary/aromatic N) is 2. The lowest BCUT2D eigenvalue weighted by Gasteiger charge is -2.10. The number of aromatic nitrogens is 2.